The zero-order valence-electron chi connectivity index (χ0n) is 9.89. The van der Waals surface area contributed by atoms with Crippen molar-refractivity contribution in [3.63, 3.8) is 0 Å². The average Bonchev–Trinajstić information content (AvgIpc) is 2.32. The van der Waals surface area contributed by atoms with Crippen molar-refractivity contribution in [3.8, 4) is 0 Å². The largest absolute Gasteiger partial charge is 0.391 e. The second-order valence-electron chi connectivity index (χ2n) is 4.39. The SMILES string of the molecule is Cc1ccc(NC(=O)N2CCC[C@@H](O)C2)nc1. The summed E-state index contributed by atoms with van der Waals surface area (Å²) in [5, 5.41) is 12.2. The minimum atomic E-state index is -0.402. The number of hydrogen-bond acceptors (Lipinski definition) is 3. The Kier molecular flexibility index (Phi) is 3.58. The molecule has 5 nitrogen and oxygen atoms in total. The summed E-state index contributed by atoms with van der Waals surface area (Å²) in [6.07, 6.45) is 2.92. The molecule has 0 spiro atoms. The summed E-state index contributed by atoms with van der Waals surface area (Å²) in [7, 11) is 0. The highest BCUT2D eigenvalue weighted by Crippen LogP contribution is 2.12. The van der Waals surface area contributed by atoms with Gasteiger partial charge in [-0.05, 0) is 31.4 Å². The number of aliphatic hydroxyl groups excluding tert-OH is 1. The fourth-order valence-corrected chi connectivity index (χ4v) is 1.87. The molecule has 2 rings (SSSR count). The third kappa shape index (κ3) is 3.17. The van der Waals surface area contributed by atoms with E-state index in [2.05, 4.69) is 10.3 Å². The summed E-state index contributed by atoms with van der Waals surface area (Å²) in [6.45, 7) is 3.03. The minimum absolute atomic E-state index is 0.194. The van der Waals surface area contributed by atoms with Gasteiger partial charge in [-0.1, -0.05) is 6.07 Å². The lowest BCUT2D eigenvalue weighted by Gasteiger charge is -2.29. The van der Waals surface area contributed by atoms with Gasteiger partial charge in [0.1, 0.15) is 5.82 Å². The molecule has 1 aliphatic heterocycles. The Morgan fingerprint density at radius 2 is 2.41 bits per heavy atom. The number of nitrogens with zero attached hydrogens (tertiary/aromatic N) is 2. The minimum Gasteiger partial charge on any atom is -0.391 e. The number of carbonyl (C=O) groups excluding carboxylic acids is 1. The van der Waals surface area contributed by atoms with E-state index in [1.165, 1.54) is 0 Å². The number of amides is 2. The van der Waals surface area contributed by atoms with Gasteiger partial charge < -0.3 is 10.0 Å². The monoisotopic (exact) mass is 235 g/mol. The molecule has 0 unspecified atom stereocenters. The van der Waals surface area contributed by atoms with Crippen LogP contribution >= 0.6 is 0 Å². The van der Waals surface area contributed by atoms with Crippen molar-refractivity contribution in [1.82, 2.24) is 9.88 Å². The molecule has 92 valence electrons. The van der Waals surface area contributed by atoms with Gasteiger partial charge >= 0.3 is 6.03 Å². The molecule has 0 saturated carbocycles. The van der Waals surface area contributed by atoms with Crippen LogP contribution in [0.3, 0.4) is 0 Å². The standard InChI is InChI=1S/C12H17N3O2/c1-9-4-5-11(13-7-9)14-12(17)15-6-2-3-10(16)8-15/h4-5,7,10,16H,2-3,6,8H2,1H3,(H,13,14,17)/t10-/m1/s1. The van der Waals surface area contributed by atoms with Crippen molar-refractivity contribution in [2.75, 3.05) is 18.4 Å². The third-order valence-electron chi connectivity index (χ3n) is 2.83. The zero-order valence-corrected chi connectivity index (χ0v) is 9.89. The molecule has 0 radical (unpaired) electrons. The first-order chi connectivity index (χ1) is 8.15. The van der Waals surface area contributed by atoms with Crippen LogP contribution < -0.4 is 5.32 Å². The van der Waals surface area contributed by atoms with Gasteiger partial charge in [0.25, 0.3) is 0 Å². The number of aryl methyl sites for hydroxylation is 1. The quantitative estimate of drug-likeness (QED) is 0.772. The predicted molar refractivity (Wildman–Crippen MR) is 64.8 cm³/mol. The summed E-state index contributed by atoms with van der Waals surface area (Å²) >= 11 is 0. The van der Waals surface area contributed by atoms with Crippen molar-refractivity contribution in [3.05, 3.63) is 23.9 Å². The van der Waals surface area contributed by atoms with Gasteiger partial charge in [-0.3, -0.25) is 5.32 Å². The second kappa shape index (κ2) is 5.14. The Morgan fingerprint density at radius 1 is 1.59 bits per heavy atom. The molecule has 1 fully saturated rings. The number of β-amino-alcohol motifs (C(OH)–C–C–N with tert-alkyl or cyclic N) is 1. The molecule has 5 heteroatoms. The first-order valence-electron chi connectivity index (χ1n) is 5.82. The topological polar surface area (TPSA) is 65.5 Å². The number of likely N-dealkylation sites (tertiary alicyclic amines) is 1. The van der Waals surface area contributed by atoms with Crippen LogP contribution in [0.15, 0.2) is 18.3 Å². The van der Waals surface area contributed by atoms with Gasteiger partial charge in [-0.2, -0.15) is 0 Å². The molecular weight excluding hydrogens is 218 g/mol. The van der Waals surface area contributed by atoms with E-state index < -0.39 is 6.10 Å². The maximum absolute atomic E-state index is 11.9. The zero-order chi connectivity index (χ0) is 12.3. The Balaban J connectivity index is 1.94. The van der Waals surface area contributed by atoms with E-state index in [0.29, 0.717) is 18.9 Å². The number of urea groups is 1. The fourth-order valence-electron chi connectivity index (χ4n) is 1.87. The number of carbonyl (C=O) groups is 1. The number of hydrogen-bond donors (Lipinski definition) is 2. The summed E-state index contributed by atoms with van der Waals surface area (Å²) in [4.78, 5) is 17.6. The molecule has 17 heavy (non-hydrogen) atoms. The molecule has 1 aliphatic rings. The maximum Gasteiger partial charge on any atom is 0.323 e. The third-order valence-corrected chi connectivity index (χ3v) is 2.83. The lowest BCUT2D eigenvalue weighted by Crippen LogP contribution is -2.44. The van der Waals surface area contributed by atoms with Gasteiger partial charge in [0.2, 0.25) is 0 Å². The molecule has 0 bridgehead atoms. The van der Waals surface area contributed by atoms with Gasteiger partial charge in [0, 0.05) is 19.3 Å². The first-order valence-corrected chi connectivity index (χ1v) is 5.82. The number of aromatic nitrogens is 1. The Labute approximate surface area is 100 Å². The molecule has 1 saturated heterocycles. The van der Waals surface area contributed by atoms with Crippen molar-refractivity contribution in [1.29, 1.82) is 0 Å². The summed E-state index contributed by atoms with van der Waals surface area (Å²) in [6, 6.07) is 3.47. The Bertz CT molecular complexity index is 391. The van der Waals surface area contributed by atoms with E-state index in [0.717, 1.165) is 18.4 Å². The molecule has 1 atom stereocenters. The molecule has 2 amide bonds. The van der Waals surface area contributed by atoms with Crippen LogP contribution in [0, 0.1) is 6.92 Å². The molecule has 0 aromatic carbocycles. The summed E-state index contributed by atoms with van der Waals surface area (Å²) in [5.41, 5.74) is 1.05. The highest BCUT2D eigenvalue weighted by atomic mass is 16.3. The van der Waals surface area contributed by atoms with E-state index in [1.807, 2.05) is 13.0 Å². The summed E-state index contributed by atoms with van der Waals surface area (Å²) < 4.78 is 0. The number of aliphatic hydroxyl groups is 1. The molecule has 2 heterocycles. The van der Waals surface area contributed by atoms with Crippen LogP contribution in [0.25, 0.3) is 0 Å². The molecular formula is C12H17N3O2. The summed E-state index contributed by atoms with van der Waals surface area (Å²) in [5.74, 6) is 0.542. The Morgan fingerprint density at radius 3 is 3.06 bits per heavy atom. The van der Waals surface area contributed by atoms with Crippen LogP contribution in [0.5, 0.6) is 0 Å². The van der Waals surface area contributed by atoms with Gasteiger partial charge in [0.05, 0.1) is 6.10 Å². The van der Waals surface area contributed by atoms with E-state index in [4.69, 9.17) is 0 Å². The number of pyridine rings is 1. The lowest BCUT2D eigenvalue weighted by molar-refractivity contribution is 0.0883. The molecule has 1 aromatic rings. The highest BCUT2D eigenvalue weighted by Gasteiger charge is 2.22. The molecule has 2 N–H and O–H groups in total. The molecule has 1 aromatic heterocycles. The van der Waals surface area contributed by atoms with Crippen molar-refractivity contribution < 1.29 is 9.90 Å². The number of anilines is 1. The van der Waals surface area contributed by atoms with Gasteiger partial charge in [-0.25, -0.2) is 9.78 Å². The van der Waals surface area contributed by atoms with Crippen LogP contribution in [0.1, 0.15) is 18.4 Å². The Hall–Kier alpha value is -1.62. The first kappa shape index (κ1) is 11.9. The molecule has 0 aliphatic carbocycles. The average molecular weight is 235 g/mol. The van der Waals surface area contributed by atoms with Crippen molar-refractivity contribution >= 4 is 11.8 Å². The van der Waals surface area contributed by atoms with E-state index in [-0.39, 0.29) is 6.03 Å². The van der Waals surface area contributed by atoms with Crippen LogP contribution in [0.2, 0.25) is 0 Å². The predicted octanol–water partition coefficient (Wildman–Crippen LogP) is 1.38. The lowest BCUT2D eigenvalue weighted by atomic mass is 10.1. The maximum atomic E-state index is 11.9. The van der Waals surface area contributed by atoms with E-state index in [1.54, 1.807) is 17.2 Å². The smallest absolute Gasteiger partial charge is 0.323 e. The van der Waals surface area contributed by atoms with Crippen LogP contribution in [-0.4, -0.2) is 40.2 Å². The number of piperidine rings is 1. The van der Waals surface area contributed by atoms with Crippen molar-refractivity contribution in [2.45, 2.75) is 25.9 Å². The highest BCUT2D eigenvalue weighted by molar-refractivity contribution is 5.88. The van der Waals surface area contributed by atoms with Crippen LogP contribution in [0.4, 0.5) is 10.6 Å². The number of rotatable bonds is 1. The van der Waals surface area contributed by atoms with E-state index >= 15 is 0 Å². The van der Waals surface area contributed by atoms with Crippen LogP contribution in [-0.2, 0) is 0 Å². The van der Waals surface area contributed by atoms with E-state index in [9.17, 15) is 9.90 Å². The van der Waals surface area contributed by atoms with Gasteiger partial charge in [-0.15, -0.1) is 0 Å². The fraction of sp³-hybridized carbons (Fsp3) is 0.500. The second-order valence-corrected chi connectivity index (χ2v) is 4.39. The van der Waals surface area contributed by atoms with Crippen molar-refractivity contribution in [2.24, 2.45) is 0 Å². The van der Waals surface area contributed by atoms with Gasteiger partial charge in [0.15, 0.2) is 0 Å². The number of nitrogens with one attached hydrogen (secondary N) is 1. The normalized spacial score (nSPS) is 20.1.